The first-order valence-corrected chi connectivity index (χ1v) is 13.2. The van der Waals surface area contributed by atoms with Gasteiger partial charge in [-0.3, -0.25) is 4.98 Å². The van der Waals surface area contributed by atoms with E-state index in [1.165, 1.54) is 12.8 Å². The molecule has 2 fully saturated rings. The molecule has 0 unspecified atom stereocenters. The van der Waals surface area contributed by atoms with Crippen molar-refractivity contribution in [2.75, 3.05) is 4.90 Å². The average molecular weight is 526 g/mol. The Morgan fingerprint density at radius 3 is 2.50 bits per heavy atom. The molecular weight excluding hydrogens is 498 g/mol. The molecule has 7 nitrogen and oxygen atoms in total. The van der Waals surface area contributed by atoms with Crippen molar-refractivity contribution in [1.82, 2.24) is 10.3 Å². The van der Waals surface area contributed by atoms with Gasteiger partial charge in [0.05, 0.1) is 23.4 Å². The number of thiocarbonyl (C=S) groups is 1. The number of rotatable bonds is 7. The second-order valence-corrected chi connectivity index (χ2v) is 9.95. The van der Waals surface area contributed by atoms with Crippen LogP contribution in [0.15, 0.2) is 89.5 Å². The van der Waals surface area contributed by atoms with Crippen LogP contribution in [0, 0.1) is 0 Å². The molecule has 38 heavy (non-hydrogen) atoms. The lowest BCUT2D eigenvalue weighted by atomic mass is 10.0. The second kappa shape index (κ2) is 10.3. The number of nitrogens with one attached hydrogen (secondary N) is 1. The summed E-state index contributed by atoms with van der Waals surface area (Å²) in [6.45, 7) is 0. The number of carboxylic acids is 1. The van der Waals surface area contributed by atoms with Crippen molar-refractivity contribution in [2.24, 2.45) is 0 Å². The first-order chi connectivity index (χ1) is 18.6. The molecule has 2 atom stereocenters. The molecule has 4 aromatic rings. The molecule has 1 saturated heterocycles. The molecule has 0 radical (unpaired) electrons. The molecule has 1 aliphatic carbocycles. The Morgan fingerprint density at radius 1 is 1.00 bits per heavy atom. The number of aromatic nitrogens is 1. The fraction of sp³-hybridized carbons (Fsp3) is 0.233. The number of hydrogen-bond donors (Lipinski definition) is 2. The van der Waals surface area contributed by atoms with E-state index in [4.69, 9.17) is 21.4 Å². The highest BCUT2D eigenvalue weighted by Gasteiger charge is 2.42. The molecule has 2 aromatic heterocycles. The minimum atomic E-state index is -1.00. The zero-order valence-electron chi connectivity index (χ0n) is 20.6. The largest absolute Gasteiger partial charge is 0.490 e. The topological polar surface area (TPSA) is 87.8 Å². The highest BCUT2D eigenvalue weighted by atomic mass is 32.1. The average Bonchev–Trinajstić information content (AvgIpc) is 3.70. The summed E-state index contributed by atoms with van der Waals surface area (Å²) in [4.78, 5) is 18.4. The van der Waals surface area contributed by atoms with E-state index >= 15 is 0 Å². The number of ether oxygens (including phenoxy) is 1. The third kappa shape index (κ3) is 4.63. The number of nitrogens with zero attached hydrogens (tertiary/aromatic N) is 2. The summed E-state index contributed by atoms with van der Waals surface area (Å²) < 4.78 is 12.5. The van der Waals surface area contributed by atoms with Crippen molar-refractivity contribution < 1.29 is 19.1 Å². The third-order valence-electron chi connectivity index (χ3n) is 7.16. The summed E-state index contributed by atoms with van der Waals surface area (Å²) in [7, 11) is 0. The fourth-order valence-corrected chi connectivity index (χ4v) is 5.69. The molecule has 3 heterocycles. The number of carbonyl (C=O) groups is 1. The number of benzene rings is 2. The van der Waals surface area contributed by atoms with Crippen molar-refractivity contribution in [3.8, 4) is 17.1 Å². The van der Waals surface area contributed by atoms with Crippen molar-refractivity contribution in [3.05, 3.63) is 102 Å². The fourth-order valence-electron chi connectivity index (χ4n) is 5.35. The van der Waals surface area contributed by atoms with Gasteiger partial charge in [0.1, 0.15) is 23.3 Å². The lowest BCUT2D eigenvalue weighted by Gasteiger charge is -2.26. The number of anilines is 1. The van der Waals surface area contributed by atoms with Crippen LogP contribution in [0.4, 0.5) is 5.69 Å². The van der Waals surface area contributed by atoms with E-state index < -0.39 is 5.97 Å². The molecule has 2 aliphatic rings. The van der Waals surface area contributed by atoms with E-state index in [0.717, 1.165) is 30.0 Å². The Morgan fingerprint density at radius 2 is 1.76 bits per heavy atom. The molecule has 2 aromatic carbocycles. The van der Waals surface area contributed by atoms with E-state index in [1.54, 1.807) is 30.5 Å². The Kier molecular flexibility index (Phi) is 6.55. The smallest absolute Gasteiger partial charge is 0.336 e. The SMILES string of the molecule is O=C(O)c1ccccc1-c1ccc([C@@H]2[C@H](c3ccccn3)NC(=S)N2c2ccc(OC3CCCC3)cc2)o1. The van der Waals surface area contributed by atoms with Crippen LogP contribution in [0.1, 0.15) is 59.6 Å². The summed E-state index contributed by atoms with van der Waals surface area (Å²) in [5.74, 6) is 0.975. The van der Waals surface area contributed by atoms with Gasteiger partial charge in [0, 0.05) is 17.4 Å². The van der Waals surface area contributed by atoms with Crippen LogP contribution in [-0.2, 0) is 0 Å². The van der Waals surface area contributed by atoms with Crippen LogP contribution in [0.3, 0.4) is 0 Å². The van der Waals surface area contributed by atoms with E-state index in [0.29, 0.717) is 22.2 Å². The van der Waals surface area contributed by atoms with Crippen molar-refractivity contribution >= 4 is 29.0 Å². The molecule has 8 heteroatoms. The summed E-state index contributed by atoms with van der Waals surface area (Å²) in [6, 6.07) is 23.7. The Bertz CT molecular complexity index is 1450. The van der Waals surface area contributed by atoms with Crippen LogP contribution in [0.2, 0.25) is 0 Å². The van der Waals surface area contributed by atoms with Gasteiger partial charge in [-0.1, -0.05) is 24.3 Å². The summed E-state index contributed by atoms with van der Waals surface area (Å²) in [5, 5.41) is 13.7. The molecule has 0 amide bonds. The summed E-state index contributed by atoms with van der Waals surface area (Å²) >= 11 is 5.82. The van der Waals surface area contributed by atoms with Crippen LogP contribution < -0.4 is 15.0 Å². The zero-order valence-corrected chi connectivity index (χ0v) is 21.4. The molecule has 0 spiro atoms. The predicted octanol–water partition coefficient (Wildman–Crippen LogP) is 6.54. The van der Waals surface area contributed by atoms with E-state index in [-0.39, 0.29) is 23.8 Å². The van der Waals surface area contributed by atoms with E-state index in [2.05, 4.69) is 10.3 Å². The minimum Gasteiger partial charge on any atom is -0.490 e. The standard InChI is InChI=1S/C30H27N3O4S/c34-29(35)23-10-4-3-9-22(23)25-16-17-26(37-25)28-27(24-11-5-6-18-31-24)32-30(38)33(28)19-12-14-21(15-13-19)36-20-7-1-2-8-20/h3-6,9-18,20,27-28H,1-2,7-8H2,(H,32,38)(H,34,35)/t27-,28+/m0/s1. The van der Waals surface area contributed by atoms with Gasteiger partial charge in [-0.25, -0.2) is 4.79 Å². The van der Waals surface area contributed by atoms with Crippen LogP contribution in [-0.4, -0.2) is 27.3 Å². The van der Waals surface area contributed by atoms with Gasteiger partial charge >= 0.3 is 5.97 Å². The first kappa shape index (κ1) is 24.2. The third-order valence-corrected chi connectivity index (χ3v) is 7.47. The van der Waals surface area contributed by atoms with Crippen LogP contribution in [0.25, 0.3) is 11.3 Å². The highest BCUT2D eigenvalue weighted by molar-refractivity contribution is 7.80. The molecule has 6 rings (SSSR count). The predicted molar refractivity (Wildman–Crippen MR) is 148 cm³/mol. The highest BCUT2D eigenvalue weighted by Crippen LogP contribution is 2.43. The molecule has 192 valence electrons. The van der Waals surface area contributed by atoms with Crippen molar-refractivity contribution in [3.63, 3.8) is 0 Å². The Balaban J connectivity index is 1.37. The maximum atomic E-state index is 11.8. The summed E-state index contributed by atoms with van der Waals surface area (Å²) in [5.41, 5.74) is 2.43. The minimum absolute atomic E-state index is 0.185. The molecule has 2 N–H and O–H groups in total. The van der Waals surface area contributed by atoms with Gasteiger partial charge in [-0.15, -0.1) is 0 Å². The Labute approximate surface area is 226 Å². The van der Waals surface area contributed by atoms with Gasteiger partial charge in [0.25, 0.3) is 0 Å². The number of furan rings is 1. The zero-order chi connectivity index (χ0) is 26.1. The van der Waals surface area contributed by atoms with Gasteiger partial charge in [0.15, 0.2) is 5.11 Å². The summed E-state index contributed by atoms with van der Waals surface area (Å²) in [6.07, 6.45) is 6.67. The van der Waals surface area contributed by atoms with Crippen LogP contribution >= 0.6 is 12.2 Å². The van der Waals surface area contributed by atoms with Crippen LogP contribution in [0.5, 0.6) is 5.75 Å². The molecule has 1 aliphatic heterocycles. The van der Waals surface area contributed by atoms with Gasteiger partial charge in [0.2, 0.25) is 0 Å². The van der Waals surface area contributed by atoms with Gasteiger partial charge < -0.3 is 24.5 Å². The molecular formula is C30H27N3O4S. The lowest BCUT2D eigenvalue weighted by Crippen LogP contribution is -2.29. The van der Waals surface area contributed by atoms with E-state index in [9.17, 15) is 9.90 Å². The van der Waals surface area contributed by atoms with Gasteiger partial charge in [-0.2, -0.15) is 0 Å². The Hall–Kier alpha value is -4.17. The van der Waals surface area contributed by atoms with Crippen molar-refractivity contribution in [2.45, 2.75) is 43.9 Å². The second-order valence-electron chi connectivity index (χ2n) is 9.57. The molecule has 1 saturated carbocycles. The molecule has 0 bridgehead atoms. The first-order valence-electron chi connectivity index (χ1n) is 12.8. The number of aromatic carboxylic acids is 1. The van der Waals surface area contributed by atoms with Gasteiger partial charge in [-0.05, 0) is 92.5 Å². The lowest BCUT2D eigenvalue weighted by molar-refractivity contribution is 0.0697. The maximum Gasteiger partial charge on any atom is 0.336 e. The number of carboxylic acid groups (broad SMARTS) is 1. The number of pyridine rings is 1. The quantitative estimate of drug-likeness (QED) is 0.263. The monoisotopic (exact) mass is 525 g/mol. The maximum absolute atomic E-state index is 11.8. The van der Waals surface area contributed by atoms with E-state index in [1.807, 2.05) is 59.5 Å². The van der Waals surface area contributed by atoms with Crippen molar-refractivity contribution in [1.29, 1.82) is 0 Å². The number of hydrogen-bond acceptors (Lipinski definition) is 5. The normalized spacial score (nSPS) is 19.5.